The molecule has 174 valence electrons. The van der Waals surface area contributed by atoms with Crippen LogP contribution in [0.1, 0.15) is 36.8 Å². The Morgan fingerprint density at radius 2 is 1.64 bits per heavy atom. The molecule has 0 saturated carbocycles. The van der Waals surface area contributed by atoms with Gasteiger partial charge in [0.15, 0.2) is 0 Å². The van der Waals surface area contributed by atoms with E-state index in [9.17, 15) is 10.2 Å². The number of aliphatic hydroxyl groups excluding tert-OH is 1. The van der Waals surface area contributed by atoms with Crippen molar-refractivity contribution in [3.05, 3.63) is 65.7 Å². The van der Waals surface area contributed by atoms with Crippen molar-refractivity contribution in [1.29, 1.82) is 0 Å². The molecule has 2 heterocycles. The molecule has 0 radical (unpaired) electrons. The van der Waals surface area contributed by atoms with Gasteiger partial charge in [-0.1, -0.05) is 24.3 Å². The Morgan fingerprint density at radius 1 is 0.879 bits per heavy atom. The third-order valence-corrected chi connectivity index (χ3v) is 7.07. The van der Waals surface area contributed by atoms with Crippen LogP contribution in [-0.4, -0.2) is 60.5 Å². The maximum atomic E-state index is 9.97. The molecule has 0 atom stereocenters. The summed E-state index contributed by atoms with van der Waals surface area (Å²) in [5, 5.41) is 22.2. The van der Waals surface area contributed by atoms with Gasteiger partial charge in [-0.15, -0.1) is 0 Å². The molecule has 5 nitrogen and oxygen atoms in total. The zero-order chi connectivity index (χ0) is 22.6. The maximum absolute atomic E-state index is 9.97. The fraction of sp³-hybridized carbons (Fsp3) is 0.429. The lowest BCUT2D eigenvalue weighted by atomic mass is 9.94. The normalized spacial score (nSPS) is 17.7. The number of anilines is 1. The number of ether oxygens (including phenoxy) is 1. The van der Waals surface area contributed by atoms with E-state index in [0.717, 1.165) is 56.6 Å². The summed E-state index contributed by atoms with van der Waals surface area (Å²) in [4.78, 5) is 4.86. The van der Waals surface area contributed by atoms with Gasteiger partial charge < -0.3 is 19.8 Å². The molecule has 3 aromatic rings. The average Bonchev–Trinajstić information content (AvgIpc) is 3.34. The van der Waals surface area contributed by atoms with E-state index in [-0.39, 0.29) is 11.9 Å². The predicted molar refractivity (Wildman–Crippen MR) is 133 cm³/mol. The monoisotopic (exact) mass is 446 g/mol. The summed E-state index contributed by atoms with van der Waals surface area (Å²) in [6, 6.07) is 18.4. The Labute approximate surface area is 196 Å². The van der Waals surface area contributed by atoms with Gasteiger partial charge in [0.1, 0.15) is 18.1 Å². The van der Waals surface area contributed by atoms with E-state index in [4.69, 9.17) is 4.74 Å². The first-order valence-electron chi connectivity index (χ1n) is 12.3. The summed E-state index contributed by atoms with van der Waals surface area (Å²) in [5.74, 6) is 1.21. The van der Waals surface area contributed by atoms with Gasteiger partial charge in [-0.3, -0.25) is 4.90 Å². The van der Waals surface area contributed by atoms with Crippen LogP contribution in [0.2, 0.25) is 0 Å². The largest absolute Gasteiger partial charge is 0.508 e. The van der Waals surface area contributed by atoms with Crippen LogP contribution in [0, 0.1) is 0 Å². The molecule has 0 unspecified atom stereocenters. The van der Waals surface area contributed by atoms with Crippen LogP contribution in [0.15, 0.2) is 54.6 Å². The smallest absolute Gasteiger partial charge is 0.119 e. The molecule has 0 spiro atoms. The molecular weight excluding hydrogens is 412 g/mol. The number of hydrogen-bond acceptors (Lipinski definition) is 5. The summed E-state index contributed by atoms with van der Waals surface area (Å²) < 4.78 is 5.98. The highest BCUT2D eigenvalue weighted by Crippen LogP contribution is 2.34. The number of fused-ring (bicyclic) bond motifs is 1. The Balaban J connectivity index is 1.35. The van der Waals surface area contributed by atoms with Crippen LogP contribution in [0.25, 0.3) is 10.8 Å². The van der Waals surface area contributed by atoms with Crippen molar-refractivity contribution in [1.82, 2.24) is 4.90 Å². The number of hydrogen-bond donors (Lipinski definition) is 2. The van der Waals surface area contributed by atoms with E-state index in [0.29, 0.717) is 0 Å². The highest BCUT2D eigenvalue weighted by atomic mass is 16.5. The van der Waals surface area contributed by atoms with Gasteiger partial charge >= 0.3 is 0 Å². The van der Waals surface area contributed by atoms with Crippen LogP contribution < -0.4 is 9.64 Å². The van der Waals surface area contributed by atoms with Crippen LogP contribution in [0.3, 0.4) is 0 Å². The summed E-state index contributed by atoms with van der Waals surface area (Å²) in [6.45, 7) is 5.85. The van der Waals surface area contributed by atoms with Crippen LogP contribution in [0.5, 0.6) is 11.5 Å². The molecule has 3 aromatic carbocycles. The zero-order valence-corrected chi connectivity index (χ0v) is 19.2. The van der Waals surface area contributed by atoms with E-state index in [1.807, 2.05) is 12.1 Å². The van der Waals surface area contributed by atoms with Crippen LogP contribution in [0.4, 0.5) is 5.69 Å². The van der Waals surface area contributed by atoms with Gasteiger partial charge in [0, 0.05) is 31.7 Å². The molecule has 2 aliphatic heterocycles. The minimum absolute atomic E-state index is 0.194. The SMILES string of the molecule is Oc1ccc2c(Cc3ccc(OCCN4CCCC4)cc3)c(N3CCC(O)CC3)ccc2c1. The van der Waals surface area contributed by atoms with Gasteiger partial charge in [-0.2, -0.15) is 0 Å². The number of nitrogens with zero attached hydrogens (tertiary/aromatic N) is 2. The van der Waals surface area contributed by atoms with Crippen molar-refractivity contribution in [2.24, 2.45) is 0 Å². The number of aromatic hydroxyl groups is 1. The van der Waals surface area contributed by atoms with Gasteiger partial charge in [0.05, 0.1) is 6.10 Å². The summed E-state index contributed by atoms with van der Waals surface area (Å²) >= 11 is 0. The average molecular weight is 447 g/mol. The van der Waals surface area contributed by atoms with Crippen molar-refractivity contribution in [2.75, 3.05) is 44.2 Å². The molecule has 2 fully saturated rings. The Bertz CT molecular complexity index is 1070. The highest BCUT2D eigenvalue weighted by Gasteiger charge is 2.21. The van der Waals surface area contributed by atoms with Crippen molar-refractivity contribution in [2.45, 2.75) is 38.2 Å². The molecule has 0 amide bonds. The molecule has 5 heteroatoms. The Hall–Kier alpha value is -2.76. The predicted octanol–water partition coefficient (Wildman–Crippen LogP) is 4.57. The molecular formula is C28H34N2O3. The van der Waals surface area contributed by atoms with Gasteiger partial charge in [-0.05, 0) is 91.0 Å². The lowest BCUT2D eigenvalue weighted by Crippen LogP contribution is -2.36. The topological polar surface area (TPSA) is 56.2 Å². The summed E-state index contributed by atoms with van der Waals surface area (Å²) in [5.41, 5.74) is 3.73. The van der Waals surface area contributed by atoms with E-state index in [1.54, 1.807) is 6.07 Å². The molecule has 33 heavy (non-hydrogen) atoms. The molecule has 5 rings (SSSR count). The molecule has 0 aromatic heterocycles. The fourth-order valence-electron chi connectivity index (χ4n) is 5.17. The Kier molecular flexibility index (Phi) is 6.70. The molecule has 2 aliphatic rings. The van der Waals surface area contributed by atoms with Crippen LogP contribution >= 0.6 is 0 Å². The summed E-state index contributed by atoms with van der Waals surface area (Å²) in [6.07, 6.45) is 4.84. The first-order valence-corrected chi connectivity index (χ1v) is 12.3. The third-order valence-electron chi connectivity index (χ3n) is 7.07. The quantitative estimate of drug-likeness (QED) is 0.557. The lowest BCUT2D eigenvalue weighted by molar-refractivity contribution is 0.145. The minimum atomic E-state index is -0.194. The first kappa shape index (κ1) is 22.1. The molecule has 0 aliphatic carbocycles. The first-order chi connectivity index (χ1) is 16.2. The standard InChI is InChI=1S/C28H34N2O3/c31-23-11-15-30(16-12-23)28-10-5-22-20-24(32)6-9-26(22)27(28)19-21-3-7-25(8-4-21)33-18-17-29-13-1-2-14-29/h3-10,20,23,31-32H,1-2,11-19H2. The van der Waals surface area contributed by atoms with E-state index < -0.39 is 0 Å². The number of benzene rings is 3. The number of rotatable bonds is 7. The highest BCUT2D eigenvalue weighted by molar-refractivity contribution is 5.91. The maximum Gasteiger partial charge on any atom is 0.119 e. The number of phenolic OH excluding ortho intramolecular Hbond substituents is 1. The third kappa shape index (κ3) is 5.26. The Morgan fingerprint density at radius 3 is 2.39 bits per heavy atom. The van der Waals surface area contributed by atoms with Crippen LogP contribution in [-0.2, 0) is 6.42 Å². The van der Waals surface area contributed by atoms with Crippen molar-refractivity contribution < 1.29 is 14.9 Å². The second kappa shape index (κ2) is 10.0. The van der Waals surface area contributed by atoms with Gasteiger partial charge in [-0.25, -0.2) is 0 Å². The number of likely N-dealkylation sites (tertiary alicyclic amines) is 1. The number of piperidine rings is 1. The summed E-state index contributed by atoms with van der Waals surface area (Å²) in [7, 11) is 0. The zero-order valence-electron chi connectivity index (χ0n) is 19.2. The van der Waals surface area contributed by atoms with Gasteiger partial charge in [0.25, 0.3) is 0 Å². The fourth-order valence-corrected chi connectivity index (χ4v) is 5.17. The van der Waals surface area contributed by atoms with Crippen molar-refractivity contribution in [3.63, 3.8) is 0 Å². The van der Waals surface area contributed by atoms with Crippen molar-refractivity contribution in [3.8, 4) is 11.5 Å². The molecule has 0 bridgehead atoms. The lowest BCUT2D eigenvalue weighted by Gasteiger charge is -2.33. The second-order valence-corrected chi connectivity index (χ2v) is 9.40. The van der Waals surface area contributed by atoms with E-state index in [2.05, 4.69) is 46.2 Å². The minimum Gasteiger partial charge on any atom is -0.508 e. The van der Waals surface area contributed by atoms with E-state index >= 15 is 0 Å². The molecule has 2 saturated heterocycles. The van der Waals surface area contributed by atoms with Crippen molar-refractivity contribution >= 4 is 16.5 Å². The van der Waals surface area contributed by atoms with Gasteiger partial charge in [0.2, 0.25) is 0 Å². The number of phenols is 1. The number of aliphatic hydroxyl groups is 1. The second-order valence-electron chi connectivity index (χ2n) is 9.40. The van der Waals surface area contributed by atoms with E-state index in [1.165, 1.54) is 48.1 Å². The molecule has 2 N–H and O–H groups in total.